The van der Waals surface area contributed by atoms with Crippen LogP contribution < -0.4 is 0 Å². The molecule has 0 aliphatic rings. The van der Waals surface area contributed by atoms with Crippen LogP contribution in [0.4, 0.5) is 4.39 Å². The first-order valence-corrected chi connectivity index (χ1v) is 2.19. The summed E-state index contributed by atoms with van der Waals surface area (Å²) in [5.41, 5.74) is -1.34. The van der Waals surface area contributed by atoms with Crippen molar-refractivity contribution in [2.24, 2.45) is 0 Å². The van der Waals surface area contributed by atoms with Gasteiger partial charge in [-0.25, -0.2) is 4.39 Å². The van der Waals surface area contributed by atoms with Gasteiger partial charge in [0.25, 0.3) is 0 Å². The largest absolute Gasteiger partial charge is 0.307 e. The molecule has 0 aromatic heterocycles. The van der Waals surface area contributed by atoms with Crippen LogP contribution in [0.2, 0.25) is 0 Å². The molecule has 0 aliphatic carbocycles. The normalized spacial score (nSPS) is 11.4. The first-order valence-electron chi connectivity index (χ1n) is 2.19. The van der Waals surface area contributed by atoms with Crippen LogP contribution in [-0.4, -0.2) is 11.4 Å². The van der Waals surface area contributed by atoms with E-state index >= 15 is 0 Å². The van der Waals surface area contributed by atoms with E-state index < -0.39 is 5.67 Å². The highest BCUT2D eigenvalue weighted by Gasteiger charge is 2.16. The lowest BCUT2D eigenvalue weighted by molar-refractivity contribution is 0.311. The SMILES string of the molecule is CC(=N)C(C)(C)F. The third kappa shape index (κ3) is 2.31. The van der Waals surface area contributed by atoms with Crippen molar-refractivity contribution in [3.05, 3.63) is 0 Å². The number of hydrogen-bond acceptors (Lipinski definition) is 1. The third-order valence-electron chi connectivity index (χ3n) is 0.892. The molecule has 0 amide bonds. The van der Waals surface area contributed by atoms with Gasteiger partial charge in [0, 0.05) is 5.71 Å². The van der Waals surface area contributed by atoms with E-state index in [1.165, 1.54) is 20.8 Å². The van der Waals surface area contributed by atoms with Gasteiger partial charge in [-0.3, -0.25) is 0 Å². The Morgan fingerprint density at radius 3 is 1.71 bits per heavy atom. The molecule has 0 spiro atoms. The molecule has 2 heteroatoms. The van der Waals surface area contributed by atoms with E-state index in [0.29, 0.717) is 0 Å². The number of nitrogens with one attached hydrogen (secondary N) is 1. The fourth-order valence-corrected chi connectivity index (χ4v) is 0. The lowest BCUT2D eigenvalue weighted by Gasteiger charge is -2.09. The molecule has 0 aromatic rings. The second-order valence-electron chi connectivity index (χ2n) is 2.10. The van der Waals surface area contributed by atoms with Crippen LogP contribution in [-0.2, 0) is 0 Å². The fourth-order valence-electron chi connectivity index (χ4n) is 0. The highest BCUT2D eigenvalue weighted by atomic mass is 19.1. The van der Waals surface area contributed by atoms with Gasteiger partial charge in [0.2, 0.25) is 0 Å². The lowest BCUT2D eigenvalue weighted by Crippen LogP contribution is -2.21. The molecule has 1 nitrogen and oxygen atoms in total. The maximum atomic E-state index is 12.3. The molecule has 0 heterocycles. The predicted octanol–water partition coefficient (Wildman–Crippen LogP) is 1.77. The van der Waals surface area contributed by atoms with Crippen molar-refractivity contribution in [1.82, 2.24) is 0 Å². The number of alkyl halides is 1. The summed E-state index contributed by atoms with van der Waals surface area (Å²) in [6.07, 6.45) is 0. The Balaban J connectivity index is 3.79. The Morgan fingerprint density at radius 1 is 1.57 bits per heavy atom. The van der Waals surface area contributed by atoms with Gasteiger partial charge in [-0.1, -0.05) is 0 Å². The van der Waals surface area contributed by atoms with E-state index in [-0.39, 0.29) is 5.71 Å². The number of halogens is 1. The van der Waals surface area contributed by atoms with Crippen molar-refractivity contribution in [1.29, 1.82) is 5.41 Å². The Hall–Kier alpha value is -0.400. The topological polar surface area (TPSA) is 23.9 Å². The molecule has 0 saturated heterocycles. The minimum atomic E-state index is -1.42. The van der Waals surface area contributed by atoms with Crippen molar-refractivity contribution in [2.75, 3.05) is 0 Å². The van der Waals surface area contributed by atoms with Crippen LogP contribution in [0.1, 0.15) is 20.8 Å². The zero-order valence-corrected chi connectivity index (χ0v) is 4.88. The minimum absolute atomic E-state index is 0.0764. The van der Waals surface area contributed by atoms with Crippen molar-refractivity contribution in [3.8, 4) is 0 Å². The molecule has 0 aromatic carbocycles. The van der Waals surface area contributed by atoms with Crippen molar-refractivity contribution >= 4 is 5.71 Å². The summed E-state index contributed by atoms with van der Waals surface area (Å²) in [6.45, 7) is 4.20. The summed E-state index contributed by atoms with van der Waals surface area (Å²) in [5.74, 6) is 0. The summed E-state index contributed by atoms with van der Waals surface area (Å²) in [5, 5.41) is 6.77. The van der Waals surface area contributed by atoms with Gasteiger partial charge in [0.15, 0.2) is 0 Å². The third-order valence-corrected chi connectivity index (χ3v) is 0.892. The standard InChI is InChI=1S/C5H10FN/c1-4(7)5(2,3)6/h7H,1-3H3. The van der Waals surface area contributed by atoms with Crippen molar-refractivity contribution < 1.29 is 4.39 Å². The van der Waals surface area contributed by atoms with Gasteiger partial charge in [-0.2, -0.15) is 0 Å². The molecule has 0 atom stereocenters. The first-order chi connectivity index (χ1) is 2.94. The first kappa shape index (κ1) is 6.60. The molecule has 0 saturated carbocycles. The van der Waals surface area contributed by atoms with E-state index in [1.54, 1.807) is 0 Å². The molecular formula is C5H10FN. The summed E-state index contributed by atoms with van der Waals surface area (Å²) < 4.78 is 12.3. The monoisotopic (exact) mass is 103 g/mol. The van der Waals surface area contributed by atoms with Gasteiger partial charge >= 0.3 is 0 Å². The maximum absolute atomic E-state index is 12.3. The predicted molar refractivity (Wildman–Crippen MR) is 28.6 cm³/mol. The molecule has 0 bridgehead atoms. The summed E-state index contributed by atoms with van der Waals surface area (Å²) in [7, 11) is 0. The molecule has 0 aliphatic heterocycles. The number of hydrogen-bond donors (Lipinski definition) is 1. The Kier molecular flexibility index (Phi) is 1.51. The Labute approximate surface area is 43.0 Å². The van der Waals surface area contributed by atoms with Crippen molar-refractivity contribution in [2.45, 2.75) is 26.4 Å². The lowest BCUT2D eigenvalue weighted by atomic mass is 10.1. The van der Waals surface area contributed by atoms with Crippen LogP contribution in [0.15, 0.2) is 0 Å². The molecular weight excluding hydrogens is 93.1 g/mol. The van der Waals surface area contributed by atoms with E-state index in [9.17, 15) is 4.39 Å². The average molecular weight is 103 g/mol. The molecule has 0 rings (SSSR count). The molecule has 1 N–H and O–H groups in total. The summed E-state index contributed by atoms with van der Waals surface area (Å²) in [6, 6.07) is 0. The van der Waals surface area contributed by atoms with Crippen LogP contribution in [0.3, 0.4) is 0 Å². The molecule has 42 valence electrons. The van der Waals surface area contributed by atoms with Gasteiger partial charge in [0.05, 0.1) is 0 Å². The van der Waals surface area contributed by atoms with Crippen LogP contribution in [0.25, 0.3) is 0 Å². The number of rotatable bonds is 1. The molecule has 0 radical (unpaired) electrons. The van der Waals surface area contributed by atoms with Gasteiger partial charge in [-0.05, 0) is 20.8 Å². The van der Waals surface area contributed by atoms with Crippen LogP contribution in [0.5, 0.6) is 0 Å². The molecule has 0 unspecified atom stereocenters. The van der Waals surface area contributed by atoms with Gasteiger partial charge in [0.1, 0.15) is 5.67 Å². The van der Waals surface area contributed by atoms with Crippen molar-refractivity contribution in [3.63, 3.8) is 0 Å². The molecule has 7 heavy (non-hydrogen) atoms. The van der Waals surface area contributed by atoms with Gasteiger partial charge < -0.3 is 5.41 Å². The quantitative estimate of drug-likeness (QED) is 0.489. The zero-order chi connectivity index (χ0) is 6.08. The smallest absolute Gasteiger partial charge is 0.142 e. The summed E-state index contributed by atoms with van der Waals surface area (Å²) >= 11 is 0. The highest BCUT2D eigenvalue weighted by Crippen LogP contribution is 2.07. The van der Waals surface area contributed by atoms with E-state index in [4.69, 9.17) is 5.41 Å². The van der Waals surface area contributed by atoms with Gasteiger partial charge in [-0.15, -0.1) is 0 Å². The van der Waals surface area contributed by atoms with E-state index in [2.05, 4.69) is 0 Å². The van der Waals surface area contributed by atoms with Crippen LogP contribution >= 0.6 is 0 Å². The van der Waals surface area contributed by atoms with E-state index in [1.807, 2.05) is 0 Å². The maximum Gasteiger partial charge on any atom is 0.142 e. The Bertz CT molecular complexity index is 80.6. The zero-order valence-electron chi connectivity index (χ0n) is 4.88. The highest BCUT2D eigenvalue weighted by molar-refractivity contribution is 5.86. The minimum Gasteiger partial charge on any atom is -0.307 e. The second kappa shape index (κ2) is 1.60. The second-order valence-corrected chi connectivity index (χ2v) is 2.10. The molecule has 0 fully saturated rings. The Morgan fingerprint density at radius 2 is 1.71 bits per heavy atom. The fraction of sp³-hybridized carbons (Fsp3) is 0.800. The van der Waals surface area contributed by atoms with Crippen LogP contribution in [0, 0.1) is 5.41 Å². The average Bonchev–Trinajstić information content (AvgIpc) is 1.31. The van der Waals surface area contributed by atoms with E-state index in [0.717, 1.165) is 0 Å². The summed E-state index contributed by atoms with van der Waals surface area (Å²) in [4.78, 5) is 0.